The van der Waals surface area contributed by atoms with Crippen molar-refractivity contribution in [3.05, 3.63) is 35.4 Å². The molecule has 0 radical (unpaired) electrons. The van der Waals surface area contributed by atoms with E-state index in [1.165, 1.54) is 29.2 Å². The second-order valence-corrected chi connectivity index (χ2v) is 7.00. The maximum atomic E-state index is 12.2. The van der Waals surface area contributed by atoms with Gasteiger partial charge in [0.2, 0.25) is 5.13 Å². The summed E-state index contributed by atoms with van der Waals surface area (Å²) in [5.74, 6) is 0.265. The van der Waals surface area contributed by atoms with Crippen LogP contribution < -0.4 is 10.1 Å². The molecule has 1 amide bonds. The third kappa shape index (κ3) is 5.89. The largest absolute Gasteiger partial charge is 0.494 e. The number of thioether (sulfide) groups is 1. The molecule has 0 atom stereocenters. The zero-order chi connectivity index (χ0) is 18.1. The van der Waals surface area contributed by atoms with Crippen LogP contribution in [0.1, 0.15) is 25.3 Å². The van der Waals surface area contributed by atoms with E-state index in [-0.39, 0.29) is 5.57 Å². The molecule has 0 saturated heterocycles. The number of nitrogens with zero attached hydrogens (tertiary/aromatic N) is 3. The number of anilines is 1. The Morgan fingerprint density at radius 1 is 1.40 bits per heavy atom. The first-order chi connectivity index (χ1) is 12.2. The maximum absolute atomic E-state index is 12.2. The van der Waals surface area contributed by atoms with Crippen LogP contribution in [0.25, 0.3) is 6.08 Å². The van der Waals surface area contributed by atoms with Crippen LogP contribution in [0, 0.1) is 11.3 Å². The Hall–Kier alpha value is -2.37. The molecule has 2 aromatic rings. The number of carbonyl (C=O) groups is 1. The van der Waals surface area contributed by atoms with Crippen molar-refractivity contribution < 1.29 is 9.53 Å². The second-order valence-electron chi connectivity index (χ2n) is 4.97. The molecule has 1 N–H and O–H groups in total. The van der Waals surface area contributed by atoms with Crippen molar-refractivity contribution in [3.8, 4) is 11.8 Å². The first-order valence-electron chi connectivity index (χ1n) is 7.69. The molecule has 1 heterocycles. The highest BCUT2D eigenvalue weighted by atomic mass is 32.2. The van der Waals surface area contributed by atoms with E-state index in [0.717, 1.165) is 28.5 Å². The fourth-order valence-electron chi connectivity index (χ4n) is 1.82. The molecule has 1 aromatic heterocycles. The zero-order valence-corrected chi connectivity index (χ0v) is 15.6. The lowest BCUT2D eigenvalue weighted by atomic mass is 10.1. The van der Waals surface area contributed by atoms with Gasteiger partial charge in [-0.3, -0.25) is 10.1 Å². The van der Waals surface area contributed by atoms with Gasteiger partial charge in [0.25, 0.3) is 5.91 Å². The number of unbranched alkanes of at least 4 members (excludes halogenated alkanes) is 1. The highest BCUT2D eigenvalue weighted by Crippen LogP contribution is 2.23. The number of ether oxygens (including phenoxy) is 1. The fraction of sp³-hybridized carbons (Fsp3) is 0.294. The number of aromatic nitrogens is 2. The number of nitriles is 1. The smallest absolute Gasteiger partial charge is 0.268 e. The molecule has 0 aliphatic rings. The highest BCUT2D eigenvalue weighted by Gasteiger charge is 2.12. The summed E-state index contributed by atoms with van der Waals surface area (Å²) in [7, 11) is 0. The normalized spacial score (nSPS) is 11.0. The Balaban J connectivity index is 2.03. The van der Waals surface area contributed by atoms with Gasteiger partial charge in [-0.25, -0.2) is 0 Å². The summed E-state index contributed by atoms with van der Waals surface area (Å²) in [6.45, 7) is 2.78. The molecule has 0 aliphatic heterocycles. The van der Waals surface area contributed by atoms with E-state index >= 15 is 0 Å². The first kappa shape index (κ1) is 19.0. The average molecular weight is 374 g/mol. The van der Waals surface area contributed by atoms with E-state index in [9.17, 15) is 10.1 Å². The van der Waals surface area contributed by atoms with Gasteiger partial charge >= 0.3 is 0 Å². The fourth-order valence-corrected chi connectivity index (χ4v) is 2.98. The Morgan fingerprint density at radius 3 is 2.76 bits per heavy atom. The van der Waals surface area contributed by atoms with Crippen molar-refractivity contribution in [3.63, 3.8) is 0 Å². The van der Waals surface area contributed by atoms with Crippen molar-refractivity contribution in [2.45, 2.75) is 24.1 Å². The van der Waals surface area contributed by atoms with Gasteiger partial charge in [0, 0.05) is 0 Å². The molecule has 0 fully saturated rings. The molecular weight excluding hydrogens is 356 g/mol. The monoisotopic (exact) mass is 374 g/mol. The Bertz CT molecular complexity index is 779. The predicted molar refractivity (Wildman–Crippen MR) is 101 cm³/mol. The zero-order valence-electron chi connectivity index (χ0n) is 14.0. The molecule has 0 unspecified atom stereocenters. The van der Waals surface area contributed by atoms with E-state index in [4.69, 9.17) is 4.74 Å². The molecule has 1 aromatic carbocycles. The van der Waals surface area contributed by atoms with E-state index in [0.29, 0.717) is 11.7 Å². The van der Waals surface area contributed by atoms with Crippen molar-refractivity contribution in [1.82, 2.24) is 10.2 Å². The number of nitrogens with one attached hydrogen (secondary N) is 1. The Labute approximate surface area is 154 Å². The van der Waals surface area contributed by atoms with Crippen molar-refractivity contribution in [2.75, 3.05) is 18.2 Å². The second kappa shape index (κ2) is 9.81. The summed E-state index contributed by atoms with van der Waals surface area (Å²) in [5.41, 5.74) is 0.747. The van der Waals surface area contributed by atoms with E-state index < -0.39 is 5.91 Å². The number of carbonyl (C=O) groups excluding carboxylic acids is 1. The lowest BCUT2D eigenvalue weighted by Crippen LogP contribution is -2.13. The van der Waals surface area contributed by atoms with E-state index in [1.807, 2.05) is 36.6 Å². The molecule has 25 heavy (non-hydrogen) atoms. The maximum Gasteiger partial charge on any atom is 0.268 e. The molecule has 8 heteroatoms. The van der Waals surface area contributed by atoms with Gasteiger partial charge in [0.05, 0.1) is 6.61 Å². The topological polar surface area (TPSA) is 87.9 Å². The summed E-state index contributed by atoms with van der Waals surface area (Å²) in [4.78, 5) is 12.2. The highest BCUT2D eigenvalue weighted by molar-refractivity contribution is 8.00. The van der Waals surface area contributed by atoms with Crippen LogP contribution in [0.2, 0.25) is 0 Å². The molecule has 0 saturated carbocycles. The molecule has 6 nitrogen and oxygen atoms in total. The average Bonchev–Trinajstić information content (AvgIpc) is 3.08. The van der Waals surface area contributed by atoms with Gasteiger partial charge in [0.15, 0.2) is 4.34 Å². The number of benzene rings is 1. The first-order valence-corrected chi connectivity index (χ1v) is 9.74. The van der Waals surface area contributed by atoms with Gasteiger partial charge in [-0.2, -0.15) is 5.26 Å². The minimum atomic E-state index is -0.505. The molecule has 0 aliphatic carbocycles. The van der Waals surface area contributed by atoms with Gasteiger partial charge in [-0.1, -0.05) is 48.6 Å². The summed E-state index contributed by atoms with van der Waals surface area (Å²) >= 11 is 2.71. The van der Waals surface area contributed by atoms with Crippen molar-refractivity contribution in [2.24, 2.45) is 0 Å². The van der Waals surface area contributed by atoms with Crippen LogP contribution in [0.15, 0.2) is 34.2 Å². The summed E-state index contributed by atoms with van der Waals surface area (Å²) in [6, 6.07) is 9.18. The third-order valence-corrected chi connectivity index (χ3v) is 4.94. The Morgan fingerprint density at radius 2 is 2.16 bits per heavy atom. The SMILES string of the molecule is CCCCOc1ccc(/C=C(\C#N)C(=O)Nc2nnc(SC)s2)cc1. The van der Waals surface area contributed by atoms with Gasteiger partial charge in [-0.15, -0.1) is 10.2 Å². The molecule has 0 bridgehead atoms. The van der Waals surface area contributed by atoms with Crippen molar-refractivity contribution in [1.29, 1.82) is 5.26 Å². The quantitative estimate of drug-likeness (QED) is 0.247. The molecule has 130 valence electrons. The third-order valence-electron chi connectivity index (χ3n) is 3.12. The predicted octanol–water partition coefficient (Wildman–Crippen LogP) is 3.98. The lowest BCUT2D eigenvalue weighted by Gasteiger charge is -2.05. The molecule has 2 rings (SSSR count). The number of hydrogen-bond donors (Lipinski definition) is 1. The number of amides is 1. The van der Waals surface area contributed by atoms with Crippen LogP contribution in [-0.2, 0) is 4.79 Å². The number of rotatable bonds is 8. The lowest BCUT2D eigenvalue weighted by molar-refractivity contribution is -0.112. The minimum absolute atomic E-state index is 0.000512. The standard InChI is InChI=1S/C17H18N4O2S2/c1-3-4-9-23-14-7-5-12(6-8-14)10-13(11-18)15(22)19-16-20-21-17(24-2)25-16/h5-8,10H,3-4,9H2,1-2H3,(H,19,20,22)/b13-10+. The Kier molecular flexibility index (Phi) is 7.44. The van der Waals surface area contributed by atoms with E-state index in [1.54, 1.807) is 0 Å². The molecular formula is C17H18N4O2S2. The number of hydrogen-bond acceptors (Lipinski definition) is 7. The molecule has 0 spiro atoms. The van der Waals surface area contributed by atoms with Gasteiger partial charge in [0.1, 0.15) is 17.4 Å². The van der Waals surface area contributed by atoms with E-state index in [2.05, 4.69) is 22.4 Å². The summed E-state index contributed by atoms with van der Waals surface area (Å²) in [5, 5.41) is 20.0. The van der Waals surface area contributed by atoms with Crippen LogP contribution in [0.4, 0.5) is 5.13 Å². The summed E-state index contributed by atoms with van der Waals surface area (Å²) < 4.78 is 6.34. The van der Waals surface area contributed by atoms with Crippen LogP contribution >= 0.6 is 23.1 Å². The van der Waals surface area contributed by atoms with Crippen molar-refractivity contribution >= 4 is 40.2 Å². The van der Waals surface area contributed by atoms with Crippen LogP contribution in [0.3, 0.4) is 0 Å². The van der Waals surface area contributed by atoms with Crippen LogP contribution in [0.5, 0.6) is 5.75 Å². The minimum Gasteiger partial charge on any atom is -0.494 e. The summed E-state index contributed by atoms with van der Waals surface area (Å²) in [6.07, 6.45) is 5.49. The van der Waals surface area contributed by atoms with Gasteiger partial charge < -0.3 is 4.74 Å². The van der Waals surface area contributed by atoms with Crippen LogP contribution in [-0.4, -0.2) is 29.0 Å². The van der Waals surface area contributed by atoms with Gasteiger partial charge in [-0.05, 0) is 36.4 Å².